The molecule has 0 aliphatic carbocycles. The Morgan fingerprint density at radius 2 is 2.00 bits per heavy atom. The van der Waals surface area contributed by atoms with Gasteiger partial charge in [0.15, 0.2) is 10.4 Å². The second-order valence-corrected chi connectivity index (χ2v) is 3.87. The first-order chi connectivity index (χ1) is 6.83. The van der Waals surface area contributed by atoms with E-state index in [1.54, 1.807) is 6.07 Å². The zero-order valence-electron chi connectivity index (χ0n) is 6.77. The first-order valence-corrected chi connectivity index (χ1v) is 4.94. The van der Waals surface area contributed by atoms with Crippen molar-refractivity contribution in [2.45, 2.75) is 6.36 Å². The SMILES string of the molecule is N#Cc1cc(Br)c(OC(F)(F)F)c(Br)n1. The zero-order chi connectivity index (χ0) is 11.6. The lowest BCUT2D eigenvalue weighted by Gasteiger charge is -2.11. The molecular weight excluding hydrogens is 345 g/mol. The van der Waals surface area contributed by atoms with E-state index < -0.39 is 12.1 Å². The molecule has 0 saturated heterocycles. The van der Waals surface area contributed by atoms with Crippen LogP contribution in [0.5, 0.6) is 5.75 Å². The highest BCUT2D eigenvalue weighted by molar-refractivity contribution is 9.11. The highest BCUT2D eigenvalue weighted by Crippen LogP contribution is 2.36. The van der Waals surface area contributed by atoms with Crippen LogP contribution in [-0.2, 0) is 0 Å². The fraction of sp³-hybridized carbons (Fsp3) is 0.143. The molecule has 0 amide bonds. The normalized spacial score (nSPS) is 10.9. The third kappa shape index (κ3) is 3.35. The predicted molar refractivity (Wildman–Crippen MR) is 51.0 cm³/mol. The fourth-order valence-corrected chi connectivity index (χ4v) is 1.97. The van der Waals surface area contributed by atoms with Crippen LogP contribution in [0.1, 0.15) is 5.69 Å². The Labute approximate surface area is 99.1 Å². The van der Waals surface area contributed by atoms with Crippen molar-refractivity contribution in [3.8, 4) is 11.8 Å². The lowest BCUT2D eigenvalue weighted by Crippen LogP contribution is -2.18. The summed E-state index contributed by atoms with van der Waals surface area (Å²) in [6.07, 6.45) is -4.80. The van der Waals surface area contributed by atoms with Gasteiger partial charge in [0.2, 0.25) is 0 Å². The van der Waals surface area contributed by atoms with E-state index >= 15 is 0 Å². The molecule has 8 heteroatoms. The number of rotatable bonds is 1. The number of ether oxygens (including phenoxy) is 1. The van der Waals surface area contributed by atoms with E-state index in [0.29, 0.717) is 0 Å². The van der Waals surface area contributed by atoms with Gasteiger partial charge in [-0.15, -0.1) is 13.2 Å². The molecule has 0 spiro atoms. The summed E-state index contributed by atoms with van der Waals surface area (Å²) in [5, 5.41) is 8.49. The van der Waals surface area contributed by atoms with Crippen molar-refractivity contribution >= 4 is 31.9 Å². The molecule has 1 heterocycles. The quantitative estimate of drug-likeness (QED) is 0.733. The van der Waals surface area contributed by atoms with Gasteiger partial charge in [0.1, 0.15) is 11.8 Å². The van der Waals surface area contributed by atoms with Gasteiger partial charge in [0, 0.05) is 0 Å². The highest BCUT2D eigenvalue weighted by Gasteiger charge is 2.33. The molecule has 0 radical (unpaired) electrons. The maximum absolute atomic E-state index is 11.9. The number of aromatic nitrogens is 1. The Kier molecular flexibility index (Phi) is 3.57. The number of hydrogen-bond donors (Lipinski definition) is 0. The van der Waals surface area contributed by atoms with Crippen LogP contribution in [-0.4, -0.2) is 11.3 Å². The minimum Gasteiger partial charge on any atom is -0.402 e. The van der Waals surface area contributed by atoms with Gasteiger partial charge in [-0.05, 0) is 37.9 Å². The number of halogens is 5. The average molecular weight is 346 g/mol. The van der Waals surface area contributed by atoms with E-state index in [2.05, 4.69) is 41.6 Å². The predicted octanol–water partition coefficient (Wildman–Crippen LogP) is 3.38. The average Bonchev–Trinajstić information content (AvgIpc) is 2.09. The maximum atomic E-state index is 11.9. The van der Waals surface area contributed by atoms with E-state index in [1.807, 2.05) is 0 Å². The molecule has 3 nitrogen and oxygen atoms in total. The first-order valence-electron chi connectivity index (χ1n) is 3.35. The molecule has 1 aromatic rings. The van der Waals surface area contributed by atoms with Crippen LogP contribution >= 0.6 is 31.9 Å². The smallest absolute Gasteiger partial charge is 0.402 e. The number of nitrogens with zero attached hydrogens (tertiary/aromatic N) is 2. The summed E-state index contributed by atoms with van der Waals surface area (Å²) in [5.74, 6) is -0.512. The summed E-state index contributed by atoms with van der Waals surface area (Å²) in [6, 6.07) is 2.82. The molecule has 80 valence electrons. The van der Waals surface area contributed by atoms with E-state index in [4.69, 9.17) is 5.26 Å². The number of nitriles is 1. The van der Waals surface area contributed by atoms with Crippen molar-refractivity contribution in [2.75, 3.05) is 0 Å². The third-order valence-corrected chi connectivity index (χ3v) is 2.35. The van der Waals surface area contributed by atoms with Crippen molar-refractivity contribution < 1.29 is 17.9 Å². The molecule has 0 fully saturated rings. The van der Waals surface area contributed by atoms with Crippen LogP contribution in [0.3, 0.4) is 0 Å². The minimum atomic E-state index is -4.80. The van der Waals surface area contributed by atoms with E-state index in [0.717, 1.165) is 6.07 Å². The second kappa shape index (κ2) is 4.37. The van der Waals surface area contributed by atoms with Gasteiger partial charge in [0.05, 0.1) is 4.47 Å². The molecule has 0 aliphatic heterocycles. The summed E-state index contributed by atoms with van der Waals surface area (Å²) in [4.78, 5) is 3.54. The Balaban J connectivity index is 3.16. The van der Waals surface area contributed by atoms with Crippen molar-refractivity contribution in [3.63, 3.8) is 0 Å². The van der Waals surface area contributed by atoms with Crippen LogP contribution < -0.4 is 4.74 Å². The van der Waals surface area contributed by atoms with Crippen molar-refractivity contribution in [1.29, 1.82) is 5.26 Å². The van der Waals surface area contributed by atoms with Crippen molar-refractivity contribution in [3.05, 3.63) is 20.8 Å². The van der Waals surface area contributed by atoms with E-state index in [-0.39, 0.29) is 14.8 Å². The Bertz CT molecular complexity index is 404. The Morgan fingerprint density at radius 1 is 1.40 bits per heavy atom. The number of hydrogen-bond acceptors (Lipinski definition) is 3. The summed E-state index contributed by atoms with van der Waals surface area (Å²) >= 11 is 5.62. The molecule has 0 aliphatic rings. The largest absolute Gasteiger partial charge is 0.573 e. The molecule has 0 atom stereocenters. The summed E-state index contributed by atoms with van der Waals surface area (Å²) < 4.78 is 39.3. The minimum absolute atomic E-state index is 0.00162. The molecule has 0 aromatic carbocycles. The van der Waals surface area contributed by atoms with Crippen LogP contribution in [0.25, 0.3) is 0 Å². The number of alkyl halides is 3. The second-order valence-electron chi connectivity index (χ2n) is 2.27. The lowest BCUT2D eigenvalue weighted by atomic mass is 10.4. The maximum Gasteiger partial charge on any atom is 0.573 e. The van der Waals surface area contributed by atoms with Gasteiger partial charge in [-0.2, -0.15) is 5.26 Å². The fourth-order valence-electron chi connectivity index (χ4n) is 0.737. The van der Waals surface area contributed by atoms with E-state index in [9.17, 15) is 13.2 Å². The standard InChI is InChI=1S/C7HBr2F3N2O/c8-4-1-3(2-13)14-6(9)5(4)15-7(10,11)12/h1H. The molecule has 1 aromatic heterocycles. The Hall–Kier alpha value is -0.810. The summed E-state index contributed by atoms with van der Waals surface area (Å²) in [6.45, 7) is 0. The molecule has 0 N–H and O–H groups in total. The van der Waals surface area contributed by atoms with Crippen molar-refractivity contribution in [2.24, 2.45) is 0 Å². The van der Waals surface area contributed by atoms with Crippen LogP contribution in [0.2, 0.25) is 0 Å². The number of pyridine rings is 1. The lowest BCUT2D eigenvalue weighted by molar-refractivity contribution is -0.275. The van der Waals surface area contributed by atoms with Gasteiger partial charge in [0.25, 0.3) is 0 Å². The monoisotopic (exact) mass is 344 g/mol. The van der Waals surface area contributed by atoms with Gasteiger partial charge < -0.3 is 4.74 Å². The highest BCUT2D eigenvalue weighted by atomic mass is 79.9. The van der Waals surface area contributed by atoms with Gasteiger partial charge in [-0.3, -0.25) is 0 Å². The first kappa shape index (κ1) is 12.3. The van der Waals surface area contributed by atoms with Gasteiger partial charge in [-0.25, -0.2) is 4.98 Å². The summed E-state index contributed by atoms with van der Waals surface area (Å²) in [5.41, 5.74) is -0.0247. The molecule has 15 heavy (non-hydrogen) atoms. The topological polar surface area (TPSA) is 45.9 Å². The van der Waals surface area contributed by atoms with Crippen LogP contribution in [0, 0.1) is 11.3 Å². The van der Waals surface area contributed by atoms with Gasteiger partial charge in [-0.1, -0.05) is 0 Å². The third-order valence-electron chi connectivity index (χ3n) is 1.22. The van der Waals surface area contributed by atoms with Crippen molar-refractivity contribution in [1.82, 2.24) is 4.98 Å². The zero-order valence-corrected chi connectivity index (χ0v) is 9.94. The van der Waals surface area contributed by atoms with Crippen LogP contribution in [0.15, 0.2) is 15.1 Å². The molecule has 0 saturated carbocycles. The molecule has 0 unspecified atom stereocenters. The Morgan fingerprint density at radius 3 is 2.40 bits per heavy atom. The van der Waals surface area contributed by atoms with Gasteiger partial charge >= 0.3 is 6.36 Å². The van der Waals surface area contributed by atoms with E-state index in [1.165, 1.54) is 0 Å². The molecule has 0 bridgehead atoms. The van der Waals surface area contributed by atoms with Crippen LogP contribution in [0.4, 0.5) is 13.2 Å². The molecular formula is C7HBr2F3N2O. The summed E-state index contributed by atoms with van der Waals surface area (Å²) in [7, 11) is 0. The molecule has 1 rings (SSSR count).